The van der Waals surface area contributed by atoms with Crippen molar-refractivity contribution in [3.8, 4) is 5.75 Å². The largest absolute Gasteiger partial charge is 0.493 e. The Morgan fingerprint density at radius 2 is 1.70 bits per heavy atom. The maximum atomic E-state index is 13.0. The van der Waals surface area contributed by atoms with Crippen molar-refractivity contribution in [1.29, 1.82) is 0 Å². The molecule has 4 rings (SSSR count). The summed E-state index contributed by atoms with van der Waals surface area (Å²) in [5.74, 6) is 0.354. The Balaban J connectivity index is 1.46. The van der Waals surface area contributed by atoms with Gasteiger partial charge in [-0.2, -0.15) is 4.31 Å². The van der Waals surface area contributed by atoms with Gasteiger partial charge in [-0.05, 0) is 49.6 Å². The zero-order chi connectivity index (χ0) is 21.1. The van der Waals surface area contributed by atoms with Gasteiger partial charge in [0.15, 0.2) is 0 Å². The van der Waals surface area contributed by atoms with E-state index in [-0.39, 0.29) is 22.8 Å². The zero-order valence-electron chi connectivity index (χ0n) is 17.2. The Hall–Kier alpha value is -2.38. The number of fused-ring (bicyclic) bond motifs is 1. The van der Waals surface area contributed by atoms with E-state index in [1.54, 1.807) is 31.3 Å². The van der Waals surface area contributed by atoms with Gasteiger partial charge in [0.2, 0.25) is 15.9 Å². The third kappa shape index (κ3) is 4.23. The first-order valence-electron chi connectivity index (χ1n) is 10.6. The predicted octanol–water partition coefficient (Wildman–Crippen LogP) is 4.14. The summed E-state index contributed by atoms with van der Waals surface area (Å²) in [5, 5.41) is 2.92. The summed E-state index contributed by atoms with van der Waals surface area (Å²) in [4.78, 5) is 13.1. The molecule has 0 saturated heterocycles. The molecule has 1 N–H and O–H groups in total. The van der Waals surface area contributed by atoms with E-state index in [0.717, 1.165) is 37.0 Å². The van der Waals surface area contributed by atoms with Crippen LogP contribution in [0.4, 0.5) is 5.69 Å². The van der Waals surface area contributed by atoms with Crippen LogP contribution in [-0.4, -0.2) is 38.3 Å². The zero-order valence-corrected chi connectivity index (χ0v) is 18.0. The van der Waals surface area contributed by atoms with Crippen molar-refractivity contribution in [2.24, 2.45) is 0 Å². The van der Waals surface area contributed by atoms with Gasteiger partial charge in [-0.25, -0.2) is 8.42 Å². The summed E-state index contributed by atoms with van der Waals surface area (Å²) in [6.45, 7) is 0.500. The van der Waals surface area contributed by atoms with Crippen LogP contribution in [0.25, 0.3) is 0 Å². The molecule has 1 aliphatic carbocycles. The molecular weight excluding hydrogens is 400 g/mol. The minimum Gasteiger partial charge on any atom is -0.493 e. The minimum absolute atomic E-state index is 0.0664. The summed E-state index contributed by atoms with van der Waals surface area (Å²) in [6, 6.07) is 14.1. The molecule has 1 heterocycles. The van der Waals surface area contributed by atoms with E-state index >= 15 is 0 Å². The Labute approximate surface area is 178 Å². The highest BCUT2D eigenvalue weighted by molar-refractivity contribution is 7.89. The smallest absolute Gasteiger partial charge is 0.243 e. The maximum Gasteiger partial charge on any atom is 0.243 e. The second-order valence-electron chi connectivity index (χ2n) is 8.05. The molecule has 0 spiro atoms. The monoisotopic (exact) mass is 428 g/mol. The second-order valence-corrected chi connectivity index (χ2v) is 10.1. The van der Waals surface area contributed by atoms with Gasteiger partial charge < -0.3 is 10.1 Å². The van der Waals surface area contributed by atoms with Crippen LogP contribution in [0, 0.1) is 0 Å². The minimum atomic E-state index is -3.54. The lowest BCUT2D eigenvalue weighted by Gasteiger charge is -2.30. The number of para-hydroxylation sites is 1. The summed E-state index contributed by atoms with van der Waals surface area (Å²) in [7, 11) is -1.87. The number of nitrogens with zero attached hydrogens (tertiary/aromatic N) is 1. The number of carbonyl (C=O) groups excluding carboxylic acids is 1. The number of rotatable bonds is 5. The molecule has 0 radical (unpaired) electrons. The van der Waals surface area contributed by atoms with Crippen molar-refractivity contribution in [2.45, 2.75) is 55.4 Å². The van der Waals surface area contributed by atoms with Crippen LogP contribution in [0.3, 0.4) is 0 Å². The van der Waals surface area contributed by atoms with Crippen molar-refractivity contribution < 1.29 is 17.9 Å². The molecule has 0 aromatic heterocycles. The van der Waals surface area contributed by atoms with Crippen LogP contribution >= 0.6 is 0 Å². The number of anilines is 1. The van der Waals surface area contributed by atoms with E-state index in [0.29, 0.717) is 18.7 Å². The highest BCUT2D eigenvalue weighted by Crippen LogP contribution is 2.34. The highest BCUT2D eigenvalue weighted by Gasteiger charge is 2.30. The number of benzene rings is 2. The van der Waals surface area contributed by atoms with E-state index in [2.05, 4.69) is 5.32 Å². The fourth-order valence-electron chi connectivity index (χ4n) is 4.36. The Morgan fingerprint density at radius 1 is 1.00 bits per heavy atom. The van der Waals surface area contributed by atoms with Gasteiger partial charge in [-0.15, -0.1) is 0 Å². The maximum absolute atomic E-state index is 13.0. The first kappa shape index (κ1) is 20.9. The summed E-state index contributed by atoms with van der Waals surface area (Å²) < 4.78 is 33.1. The van der Waals surface area contributed by atoms with Crippen LogP contribution in [0.2, 0.25) is 0 Å². The van der Waals surface area contributed by atoms with Crippen molar-refractivity contribution in [3.05, 3.63) is 54.1 Å². The Morgan fingerprint density at radius 3 is 2.43 bits per heavy atom. The van der Waals surface area contributed by atoms with E-state index in [1.807, 2.05) is 24.3 Å². The lowest BCUT2D eigenvalue weighted by molar-refractivity contribution is -0.118. The van der Waals surface area contributed by atoms with Crippen LogP contribution in [0.5, 0.6) is 5.75 Å². The highest BCUT2D eigenvalue weighted by atomic mass is 32.2. The first-order chi connectivity index (χ1) is 14.5. The number of hydrogen-bond acceptors (Lipinski definition) is 4. The molecule has 2 aliphatic rings. The van der Waals surface area contributed by atoms with E-state index in [4.69, 9.17) is 4.74 Å². The van der Waals surface area contributed by atoms with Gasteiger partial charge in [0, 0.05) is 24.3 Å². The van der Waals surface area contributed by atoms with Crippen molar-refractivity contribution in [3.63, 3.8) is 0 Å². The van der Waals surface area contributed by atoms with Crippen molar-refractivity contribution in [1.82, 2.24) is 4.31 Å². The molecule has 1 unspecified atom stereocenters. The molecule has 1 amide bonds. The molecule has 0 bridgehead atoms. The van der Waals surface area contributed by atoms with E-state index in [1.165, 1.54) is 10.7 Å². The molecule has 6 nitrogen and oxygen atoms in total. The average Bonchev–Trinajstić information content (AvgIpc) is 2.79. The number of nitrogens with one attached hydrogen (secondary N) is 1. The fourth-order valence-corrected chi connectivity index (χ4v) is 5.78. The van der Waals surface area contributed by atoms with Gasteiger partial charge in [0.05, 0.1) is 17.4 Å². The topological polar surface area (TPSA) is 75.7 Å². The number of amides is 1. The fraction of sp³-hybridized carbons (Fsp3) is 0.435. The average molecular weight is 429 g/mol. The molecule has 1 aliphatic heterocycles. The summed E-state index contributed by atoms with van der Waals surface area (Å²) in [5.41, 5.74) is 1.47. The molecule has 1 saturated carbocycles. The van der Waals surface area contributed by atoms with Crippen LogP contribution in [0.1, 0.15) is 50.0 Å². The molecule has 2 aromatic rings. The molecule has 160 valence electrons. The van der Waals surface area contributed by atoms with Crippen molar-refractivity contribution in [2.75, 3.05) is 19.0 Å². The Kier molecular flexibility index (Phi) is 6.11. The SMILES string of the molecule is CN(C1CCCCC1)S(=O)(=O)c1ccc(NC(=O)C2CCOc3ccccc32)cc1. The Bertz CT molecular complexity index is 998. The van der Waals surface area contributed by atoms with Gasteiger partial charge in [-0.1, -0.05) is 37.5 Å². The predicted molar refractivity (Wildman–Crippen MR) is 116 cm³/mol. The van der Waals surface area contributed by atoms with Crippen LogP contribution in [-0.2, 0) is 14.8 Å². The third-order valence-corrected chi connectivity index (χ3v) is 8.09. The first-order valence-corrected chi connectivity index (χ1v) is 12.0. The van der Waals surface area contributed by atoms with Gasteiger partial charge in [0.1, 0.15) is 5.75 Å². The summed E-state index contributed by atoms with van der Waals surface area (Å²) >= 11 is 0. The van der Waals surface area contributed by atoms with Gasteiger partial charge >= 0.3 is 0 Å². The molecule has 2 aromatic carbocycles. The van der Waals surface area contributed by atoms with Gasteiger partial charge in [0.25, 0.3) is 0 Å². The van der Waals surface area contributed by atoms with Crippen LogP contribution < -0.4 is 10.1 Å². The van der Waals surface area contributed by atoms with Crippen molar-refractivity contribution >= 4 is 21.6 Å². The standard InChI is InChI=1S/C23H28N2O4S/c1-25(18-7-3-2-4-8-18)30(27,28)19-13-11-17(12-14-19)24-23(26)21-15-16-29-22-10-6-5-9-20(21)22/h5-6,9-14,18,21H,2-4,7-8,15-16H2,1H3,(H,24,26). The quantitative estimate of drug-likeness (QED) is 0.776. The molecule has 30 heavy (non-hydrogen) atoms. The van der Waals surface area contributed by atoms with E-state index < -0.39 is 10.0 Å². The molecule has 7 heteroatoms. The van der Waals surface area contributed by atoms with Crippen LogP contribution in [0.15, 0.2) is 53.4 Å². The molecular formula is C23H28N2O4S. The lowest BCUT2D eigenvalue weighted by atomic mass is 9.92. The number of carbonyl (C=O) groups is 1. The normalized spacial score (nSPS) is 19.7. The number of sulfonamides is 1. The second kappa shape index (κ2) is 8.78. The summed E-state index contributed by atoms with van der Waals surface area (Å²) in [6.07, 6.45) is 5.76. The molecule has 1 atom stereocenters. The third-order valence-electron chi connectivity index (χ3n) is 6.16. The molecule has 1 fully saturated rings. The number of ether oxygens (including phenoxy) is 1. The van der Waals surface area contributed by atoms with Gasteiger partial charge in [-0.3, -0.25) is 4.79 Å². The number of hydrogen-bond donors (Lipinski definition) is 1. The lowest BCUT2D eigenvalue weighted by Crippen LogP contribution is -2.38. The van der Waals surface area contributed by atoms with E-state index in [9.17, 15) is 13.2 Å².